The highest BCUT2D eigenvalue weighted by Crippen LogP contribution is 2.40. The molecule has 2 fully saturated rings. The molecule has 2 saturated heterocycles. The van der Waals surface area contributed by atoms with Gasteiger partial charge < -0.3 is 14.4 Å². The van der Waals surface area contributed by atoms with Crippen LogP contribution in [0.25, 0.3) is 0 Å². The summed E-state index contributed by atoms with van der Waals surface area (Å²) < 4.78 is 11.4. The fraction of sp³-hybridized carbons (Fsp3) is 0.955. The molecule has 4 nitrogen and oxygen atoms in total. The highest BCUT2D eigenvalue weighted by atomic mass is 16.5. The van der Waals surface area contributed by atoms with Gasteiger partial charge in [0.1, 0.15) is 0 Å². The van der Waals surface area contributed by atoms with E-state index in [0.717, 1.165) is 25.9 Å². The van der Waals surface area contributed by atoms with Crippen LogP contribution in [0.2, 0.25) is 0 Å². The Bertz CT molecular complexity index is 454. The first-order valence-electron chi connectivity index (χ1n) is 10.6. The van der Waals surface area contributed by atoms with Gasteiger partial charge in [-0.15, -0.1) is 0 Å². The van der Waals surface area contributed by atoms with E-state index in [1.807, 2.05) is 0 Å². The average molecular weight is 368 g/mol. The minimum Gasteiger partial charge on any atom is -0.384 e. The van der Waals surface area contributed by atoms with Gasteiger partial charge in [0.2, 0.25) is 5.91 Å². The summed E-state index contributed by atoms with van der Waals surface area (Å²) >= 11 is 0. The molecule has 0 spiro atoms. The van der Waals surface area contributed by atoms with Gasteiger partial charge in [-0.05, 0) is 57.8 Å². The molecule has 0 N–H and O–H groups in total. The molecule has 26 heavy (non-hydrogen) atoms. The quantitative estimate of drug-likeness (QED) is 0.700. The van der Waals surface area contributed by atoms with Gasteiger partial charge in [-0.25, -0.2) is 0 Å². The van der Waals surface area contributed by atoms with Crippen LogP contribution in [-0.4, -0.2) is 48.8 Å². The Morgan fingerprint density at radius 2 is 1.65 bits per heavy atom. The topological polar surface area (TPSA) is 38.8 Å². The Hall–Kier alpha value is -0.610. The molecular formula is C22H41NO3. The average Bonchev–Trinajstić information content (AvgIpc) is 2.83. The maximum absolute atomic E-state index is 13.8. The second kappa shape index (κ2) is 9.05. The fourth-order valence-corrected chi connectivity index (χ4v) is 5.48. The molecule has 0 aliphatic carbocycles. The van der Waals surface area contributed by atoms with Crippen molar-refractivity contribution in [2.75, 3.05) is 13.7 Å². The molecule has 6 atom stereocenters. The fourth-order valence-electron chi connectivity index (χ4n) is 5.48. The molecule has 2 heterocycles. The number of methoxy groups -OCH3 is 1. The van der Waals surface area contributed by atoms with Crippen molar-refractivity contribution < 1.29 is 14.3 Å². The number of ether oxygens (including phenoxy) is 2. The first-order valence-corrected chi connectivity index (χ1v) is 10.6. The predicted molar refractivity (Wildman–Crippen MR) is 106 cm³/mol. The van der Waals surface area contributed by atoms with E-state index >= 15 is 0 Å². The first-order chi connectivity index (χ1) is 12.2. The van der Waals surface area contributed by atoms with Gasteiger partial charge >= 0.3 is 0 Å². The van der Waals surface area contributed by atoms with Gasteiger partial charge in [0, 0.05) is 31.0 Å². The van der Waals surface area contributed by atoms with Crippen molar-refractivity contribution >= 4 is 5.91 Å². The number of rotatable bonds is 6. The van der Waals surface area contributed by atoms with Crippen molar-refractivity contribution in [1.82, 2.24) is 4.90 Å². The van der Waals surface area contributed by atoms with Gasteiger partial charge in [0.15, 0.2) is 0 Å². The number of amides is 1. The number of carbonyl (C=O) groups excluding carboxylic acids is 1. The monoisotopic (exact) mass is 367 g/mol. The molecule has 0 saturated carbocycles. The SMILES string of the molecule is COCC1C[C@@H](C(C)C)N(C(=O)C(C(C)C)C2CC(C)OC(C)C2)C1C. The Morgan fingerprint density at radius 1 is 1.08 bits per heavy atom. The van der Waals surface area contributed by atoms with Crippen LogP contribution >= 0.6 is 0 Å². The van der Waals surface area contributed by atoms with Gasteiger partial charge in [-0.2, -0.15) is 0 Å². The molecule has 2 aliphatic heterocycles. The number of likely N-dealkylation sites (tertiary alicyclic amines) is 1. The zero-order valence-corrected chi connectivity index (χ0v) is 18.2. The van der Waals surface area contributed by atoms with Crippen molar-refractivity contribution in [3.8, 4) is 0 Å². The third kappa shape index (κ3) is 4.62. The third-order valence-electron chi connectivity index (χ3n) is 6.67. The van der Waals surface area contributed by atoms with Crippen LogP contribution in [0.4, 0.5) is 0 Å². The molecule has 2 rings (SSSR count). The van der Waals surface area contributed by atoms with Crippen LogP contribution in [-0.2, 0) is 14.3 Å². The second-order valence-electron chi connectivity index (χ2n) is 9.51. The third-order valence-corrected chi connectivity index (χ3v) is 6.67. The standard InChI is InChI=1S/C22H41NO3/c1-13(2)20-11-19(12-25-8)17(7)23(20)22(24)21(14(3)4)18-9-15(5)26-16(6)10-18/h13-21H,9-12H2,1-8H3/t15?,16?,17?,18?,19?,20-,21?/m0/s1. The molecule has 2 aliphatic rings. The molecule has 4 heteroatoms. The van der Waals surface area contributed by atoms with E-state index in [1.165, 1.54) is 0 Å². The van der Waals surface area contributed by atoms with E-state index in [-0.39, 0.29) is 24.2 Å². The molecular weight excluding hydrogens is 326 g/mol. The van der Waals surface area contributed by atoms with Crippen molar-refractivity contribution in [2.24, 2.45) is 29.6 Å². The molecule has 1 amide bonds. The van der Waals surface area contributed by atoms with Crippen LogP contribution in [0.1, 0.15) is 67.7 Å². The van der Waals surface area contributed by atoms with Crippen LogP contribution < -0.4 is 0 Å². The van der Waals surface area contributed by atoms with Gasteiger partial charge in [0.25, 0.3) is 0 Å². The Kier molecular flexibility index (Phi) is 7.55. The van der Waals surface area contributed by atoms with Crippen molar-refractivity contribution in [2.45, 2.75) is 92.0 Å². The summed E-state index contributed by atoms with van der Waals surface area (Å²) in [5.41, 5.74) is 0. The first kappa shape index (κ1) is 21.7. The number of carbonyl (C=O) groups is 1. The summed E-state index contributed by atoms with van der Waals surface area (Å²) in [7, 11) is 1.77. The summed E-state index contributed by atoms with van der Waals surface area (Å²) in [4.78, 5) is 16.1. The van der Waals surface area contributed by atoms with E-state index in [9.17, 15) is 4.79 Å². The number of nitrogens with zero attached hydrogens (tertiary/aromatic N) is 1. The lowest BCUT2D eigenvalue weighted by atomic mass is 9.75. The zero-order chi connectivity index (χ0) is 19.6. The zero-order valence-electron chi connectivity index (χ0n) is 18.2. The lowest BCUT2D eigenvalue weighted by Gasteiger charge is -2.42. The van der Waals surface area contributed by atoms with E-state index in [4.69, 9.17) is 9.47 Å². The Balaban J connectivity index is 2.25. The molecule has 0 aromatic carbocycles. The van der Waals surface area contributed by atoms with Crippen molar-refractivity contribution in [3.63, 3.8) is 0 Å². The smallest absolute Gasteiger partial charge is 0.226 e. The summed E-state index contributed by atoms with van der Waals surface area (Å²) in [6.45, 7) is 16.2. The van der Waals surface area contributed by atoms with Crippen LogP contribution in [0, 0.1) is 29.6 Å². The predicted octanol–water partition coefficient (Wildman–Crippen LogP) is 4.37. The maximum atomic E-state index is 13.8. The second-order valence-corrected chi connectivity index (χ2v) is 9.51. The van der Waals surface area contributed by atoms with E-state index in [2.05, 4.69) is 53.4 Å². The van der Waals surface area contributed by atoms with Gasteiger partial charge in [-0.3, -0.25) is 4.79 Å². The largest absolute Gasteiger partial charge is 0.384 e. The molecule has 0 bridgehead atoms. The van der Waals surface area contributed by atoms with Crippen molar-refractivity contribution in [3.05, 3.63) is 0 Å². The minimum absolute atomic E-state index is 0.0915. The minimum atomic E-state index is 0.0915. The maximum Gasteiger partial charge on any atom is 0.226 e. The summed E-state index contributed by atoms with van der Waals surface area (Å²) in [6, 6.07) is 0.583. The molecule has 0 aromatic rings. The van der Waals surface area contributed by atoms with Gasteiger partial charge in [0.05, 0.1) is 18.8 Å². The molecule has 0 radical (unpaired) electrons. The highest BCUT2D eigenvalue weighted by molar-refractivity contribution is 5.80. The summed E-state index contributed by atoms with van der Waals surface area (Å²) in [5, 5.41) is 0. The van der Waals surface area contributed by atoms with Crippen molar-refractivity contribution in [1.29, 1.82) is 0 Å². The Labute approximate surface area is 161 Å². The summed E-state index contributed by atoms with van der Waals surface area (Å²) in [5.74, 6) is 2.15. The van der Waals surface area contributed by atoms with E-state index in [0.29, 0.717) is 35.6 Å². The molecule has 0 aromatic heterocycles. The number of hydrogen-bond donors (Lipinski definition) is 0. The van der Waals surface area contributed by atoms with Gasteiger partial charge in [-0.1, -0.05) is 27.7 Å². The van der Waals surface area contributed by atoms with E-state index < -0.39 is 0 Å². The highest BCUT2D eigenvalue weighted by Gasteiger charge is 2.47. The molecule has 152 valence electrons. The Morgan fingerprint density at radius 3 is 2.12 bits per heavy atom. The lowest BCUT2D eigenvalue weighted by molar-refractivity contribution is -0.147. The molecule has 5 unspecified atom stereocenters. The number of hydrogen-bond acceptors (Lipinski definition) is 3. The summed E-state index contributed by atoms with van der Waals surface area (Å²) in [6.07, 6.45) is 3.54. The van der Waals surface area contributed by atoms with Crippen LogP contribution in [0.3, 0.4) is 0 Å². The normalized spacial score (nSPS) is 36.8. The lowest BCUT2D eigenvalue weighted by Crippen LogP contribution is -2.50. The van der Waals surface area contributed by atoms with Crippen LogP contribution in [0.15, 0.2) is 0 Å². The van der Waals surface area contributed by atoms with E-state index in [1.54, 1.807) is 7.11 Å². The van der Waals surface area contributed by atoms with Crippen LogP contribution in [0.5, 0.6) is 0 Å².